The lowest BCUT2D eigenvalue weighted by molar-refractivity contribution is -0.125. The van der Waals surface area contributed by atoms with Gasteiger partial charge in [0.05, 0.1) is 0 Å². The van der Waals surface area contributed by atoms with E-state index in [9.17, 15) is 9.18 Å². The lowest BCUT2D eigenvalue weighted by Gasteiger charge is -2.24. The molecular formula is C18H23FN4O. The molecule has 0 saturated heterocycles. The molecule has 24 heavy (non-hydrogen) atoms. The molecule has 1 aromatic carbocycles. The number of anilines is 1. The van der Waals surface area contributed by atoms with E-state index in [0.717, 1.165) is 11.4 Å². The second-order valence-electron chi connectivity index (χ2n) is 5.81. The van der Waals surface area contributed by atoms with E-state index in [0.29, 0.717) is 18.7 Å². The number of rotatable bonds is 7. The molecule has 1 atom stereocenters. The van der Waals surface area contributed by atoms with Crippen molar-refractivity contribution in [1.29, 1.82) is 0 Å². The van der Waals surface area contributed by atoms with Gasteiger partial charge in [-0.2, -0.15) is 0 Å². The van der Waals surface area contributed by atoms with Crippen LogP contribution in [0.4, 0.5) is 10.2 Å². The van der Waals surface area contributed by atoms with Crippen LogP contribution in [-0.2, 0) is 4.79 Å². The summed E-state index contributed by atoms with van der Waals surface area (Å²) in [6, 6.07) is 9.44. The molecule has 0 aliphatic rings. The number of hydrogen-bond acceptors (Lipinski definition) is 4. The number of hydrogen-bond donors (Lipinski definition) is 2. The van der Waals surface area contributed by atoms with E-state index >= 15 is 0 Å². The number of aryl methyl sites for hydroxylation is 1. The number of benzene rings is 1. The van der Waals surface area contributed by atoms with Crippen LogP contribution in [0.25, 0.3) is 0 Å². The Kier molecular flexibility index (Phi) is 6.26. The Balaban J connectivity index is 1.91. The van der Waals surface area contributed by atoms with Crippen molar-refractivity contribution in [2.45, 2.75) is 13.0 Å². The Bertz CT molecular complexity index is 690. The highest BCUT2D eigenvalue weighted by molar-refractivity contribution is 5.83. The number of likely N-dealkylation sites (N-methyl/N-ethyl adjacent to an activating group) is 1. The molecule has 0 unspecified atom stereocenters. The van der Waals surface area contributed by atoms with E-state index in [1.165, 1.54) is 12.1 Å². The standard InChI is InChI=1S/C18H23FN4O/c1-13-6-5-9-20-17(13)21-10-11-22-18(24)16(23(2)3)14-7-4-8-15(19)12-14/h4-9,12,16H,10-11H2,1-3H3,(H,20,21)(H,22,24)/t16-/m0/s1. The predicted octanol–water partition coefficient (Wildman–Crippen LogP) is 2.36. The van der Waals surface area contributed by atoms with Gasteiger partial charge >= 0.3 is 0 Å². The van der Waals surface area contributed by atoms with Crippen molar-refractivity contribution in [3.8, 4) is 0 Å². The van der Waals surface area contributed by atoms with Crippen LogP contribution in [-0.4, -0.2) is 43.0 Å². The minimum Gasteiger partial charge on any atom is -0.368 e. The molecule has 6 heteroatoms. The van der Waals surface area contributed by atoms with Crippen LogP contribution in [0, 0.1) is 12.7 Å². The number of nitrogens with zero attached hydrogens (tertiary/aromatic N) is 2. The van der Waals surface area contributed by atoms with E-state index in [1.54, 1.807) is 37.3 Å². The van der Waals surface area contributed by atoms with Gasteiger partial charge in [0, 0.05) is 19.3 Å². The highest BCUT2D eigenvalue weighted by Gasteiger charge is 2.22. The molecule has 1 aromatic heterocycles. The molecule has 2 aromatic rings. The van der Waals surface area contributed by atoms with Gasteiger partial charge < -0.3 is 10.6 Å². The van der Waals surface area contributed by atoms with E-state index in [2.05, 4.69) is 15.6 Å². The number of amides is 1. The predicted molar refractivity (Wildman–Crippen MR) is 93.3 cm³/mol. The zero-order chi connectivity index (χ0) is 17.5. The van der Waals surface area contributed by atoms with Crippen LogP contribution in [0.5, 0.6) is 0 Å². The van der Waals surface area contributed by atoms with Crippen molar-refractivity contribution in [2.24, 2.45) is 0 Å². The first-order chi connectivity index (χ1) is 11.5. The third-order valence-corrected chi connectivity index (χ3v) is 3.66. The van der Waals surface area contributed by atoms with Gasteiger partial charge in [-0.25, -0.2) is 9.37 Å². The molecule has 5 nitrogen and oxygen atoms in total. The monoisotopic (exact) mass is 330 g/mol. The van der Waals surface area contributed by atoms with E-state index in [4.69, 9.17) is 0 Å². The van der Waals surface area contributed by atoms with Gasteiger partial charge in [-0.1, -0.05) is 18.2 Å². The summed E-state index contributed by atoms with van der Waals surface area (Å²) in [5.41, 5.74) is 1.68. The van der Waals surface area contributed by atoms with E-state index in [-0.39, 0.29) is 11.7 Å². The molecule has 1 amide bonds. The topological polar surface area (TPSA) is 57.3 Å². The Labute approximate surface area is 141 Å². The molecule has 1 heterocycles. The molecule has 2 N–H and O–H groups in total. The average Bonchev–Trinajstić information content (AvgIpc) is 2.53. The Morgan fingerprint density at radius 1 is 1.25 bits per heavy atom. The first kappa shape index (κ1) is 17.9. The third kappa shape index (κ3) is 4.76. The molecular weight excluding hydrogens is 307 g/mol. The molecule has 2 rings (SSSR count). The SMILES string of the molecule is Cc1cccnc1NCCNC(=O)[C@H](c1cccc(F)c1)N(C)C. The van der Waals surface area contributed by atoms with Crippen LogP contribution in [0.15, 0.2) is 42.6 Å². The Morgan fingerprint density at radius 2 is 2.04 bits per heavy atom. The summed E-state index contributed by atoms with van der Waals surface area (Å²) in [4.78, 5) is 18.5. The first-order valence-electron chi connectivity index (χ1n) is 7.84. The van der Waals surface area contributed by atoms with Gasteiger partial charge in [-0.05, 0) is 50.3 Å². The number of carbonyl (C=O) groups is 1. The van der Waals surface area contributed by atoms with Gasteiger partial charge in [-0.3, -0.25) is 9.69 Å². The number of pyridine rings is 1. The van der Waals surface area contributed by atoms with Crippen molar-refractivity contribution in [3.05, 3.63) is 59.5 Å². The van der Waals surface area contributed by atoms with Crippen LogP contribution >= 0.6 is 0 Å². The highest BCUT2D eigenvalue weighted by atomic mass is 19.1. The van der Waals surface area contributed by atoms with Crippen molar-refractivity contribution in [3.63, 3.8) is 0 Å². The van der Waals surface area contributed by atoms with E-state index < -0.39 is 6.04 Å². The van der Waals surface area contributed by atoms with Crippen LogP contribution in [0.2, 0.25) is 0 Å². The van der Waals surface area contributed by atoms with Crippen LogP contribution in [0.1, 0.15) is 17.2 Å². The van der Waals surface area contributed by atoms with Gasteiger partial charge in [-0.15, -0.1) is 0 Å². The summed E-state index contributed by atoms with van der Waals surface area (Å²) in [6.45, 7) is 2.99. The fourth-order valence-corrected chi connectivity index (χ4v) is 2.49. The zero-order valence-corrected chi connectivity index (χ0v) is 14.2. The molecule has 0 aliphatic heterocycles. The average molecular weight is 330 g/mol. The van der Waals surface area contributed by atoms with Crippen LogP contribution < -0.4 is 10.6 Å². The second kappa shape index (κ2) is 8.40. The maximum absolute atomic E-state index is 13.4. The fraction of sp³-hybridized carbons (Fsp3) is 0.333. The number of nitrogens with one attached hydrogen (secondary N) is 2. The largest absolute Gasteiger partial charge is 0.368 e. The lowest BCUT2D eigenvalue weighted by Crippen LogP contribution is -2.39. The molecule has 0 bridgehead atoms. The lowest BCUT2D eigenvalue weighted by atomic mass is 10.1. The van der Waals surface area contributed by atoms with Gasteiger partial charge in [0.2, 0.25) is 5.91 Å². The summed E-state index contributed by atoms with van der Waals surface area (Å²) in [7, 11) is 3.59. The van der Waals surface area contributed by atoms with Gasteiger partial charge in [0.15, 0.2) is 0 Å². The summed E-state index contributed by atoms with van der Waals surface area (Å²) >= 11 is 0. The number of carbonyl (C=O) groups excluding carboxylic acids is 1. The van der Waals surface area contributed by atoms with Gasteiger partial charge in [0.1, 0.15) is 17.7 Å². The van der Waals surface area contributed by atoms with Gasteiger partial charge in [0.25, 0.3) is 0 Å². The summed E-state index contributed by atoms with van der Waals surface area (Å²) in [6.07, 6.45) is 1.72. The van der Waals surface area contributed by atoms with Crippen molar-refractivity contribution in [2.75, 3.05) is 32.5 Å². The molecule has 0 spiro atoms. The summed E-state index contributed by atoms with van der Waals surface area (Å²) in [5, 5.41) is 6.06. The van der Waals surface area contributed by atoms with E-state index in [1.807, 2.05) is 19.1 Å². The quantitative estimate of drug-likeness (QED) is 0.765. The minimum absolute atomic E-state index is 0.162. The maximum atomic E-state index is 13.4. The smallest absolute Gasteiger partial charge is 0.242 e. The van der Waals surface area contributed by atoms with Crippen molar-refractivity contribution in [1.82, 2.24) is 15.2 Å². The highest BCUT2D eigenvalue weighted by Crippen LogP contribution is 2.19. The van der Waals surface area contributed by atoms with Crippen molar-refractivity contribution >= 4 is 11.7 Å². The summed E-state index contributed by atoms with van der Waals surface area (Å²) in [5.74, 6) is 0.297. The van der Waals surface area contributed by atoms with Crippen LogP contribution in [0.3, 0.4) is 0 Å². The molecule has 0 saturated carbocycles. The Hall–Kier alpha value is -2.47. The molecule has 128 valence electrons. The number of aromatic nitrogens is 1. The summed E-state index contributed by atoms with van der Waals surface area (Å²) < 4.78 is 13.4. The minimum atomic E-state index is -0.530. The Morgan fingerprint density at radius 3 is 2.71 bits per heavy atom. The molecule has 0 fully saturated rings. The van der Waals surface area contributed by atoms with Crippen molar-refractivity contribution < 1.29 is 9.18 Å². The molecule has 0 aliphatic carbocycles. The number of halogens is 1. The zero-order valence-electron chi connectivity index (χ0n) is 14.2. The normalized spacial score (nSPS) is 12.0. The third-order valence-electron chi connectivity index (χ3n) is 3.66. The first-order valence-corrected chi connectivity index (χ1v) is 7.84. The maximum Gasteiger partial charge on any atom is 0.242 e. The fourth-order valence-electron chi connectivity index (χ4n) is 2.49. The second-order valence-corrected chi connectivity index (χ2v) is 5.81. The molecule has 0 radical (unpaired) electrons.